The number of aryl methyl sites for hydroxylation is 1. The standard InChI is InChI=1S/C33H29N3O5S/c1-5-41-32(39)26-20(3)34-33-36(28(26)22-14-16-23(40-4)17-15-22)31(38)29(42-33)27-24-8-6-7-9-25(24)35(30(27)37)18-21-12-10-19(2)11-13-21/h6-17,28H,5,18H2,1-4H3/b29-27-/t28-/m0/s1. The van der Waals surface area contributed by atoms with Crippen molar-refractivity contribution in [2.45, 2.75) is 33.4 Å². The number of amides is 1. The van der Waals surface area contributed by atoms with E-state index < -0.39 is 12.0 Å². The second-order valence-electron chi connectivity index (χ2n) is 10.2. The van der Waals surface area contributed by atoms with Crippen LogP contribution in [0.1, 0.15) is 42.1 Å². The Morgan fingerprint density at radius 2 is 1.69 bits per heavy atom. The first-order valence-electron chi connectivity index (χ1n) is 13.6. The lowest BCUT2D eigenvalue weighted by atomic mass is 9.96. The molecule has 0 radical (unpaired) electrons. The molecular weight excluding hydrogens is 550 g/mol. The molecule has 2 aliphatic rings. The summed E-state index contributed by atoms with van der Waals surface area (Å²) >= 11 is 1.16. The molecule has 6 rings (SSSR count). The van der Waals surface area contributed by atoms with E-state index in [1.807, 2.05) is 67.6 Å². The molecule has 0 saturated carbocycles. The molecule has 0 spiro atoms. The third-order valence-corrected chi connectivity index (χ3v) is 8.59. The first kappa shape index (κ1) is 27.4. The van der Waals surface area contributed by atoms with E-state index >= 15 is 0 Å². The summed E-state index contributed by atoms with van der Waals surface area (Å²) < 4.78 is 12.5. The number of para-hydroxylation sites is 1. The van der Waals surface area contributed by atoms with E-state index in [0.717, 1.165) is 28.2 Å². The van der Waals surface area contributed by atoms with Gasteiger partial charge in [-0.2, -0.15) is 0 Å². The number of ether oxygens (including phenoxy) is 2. The predicted molar refractivity (Wildman–Crippen MR) is 161 cm³/mol. The molecule has 212 valence electrons. The molecule has 1 amide bonds. The number of carbonyl (C=O) groups excluding carboxylic acids is 2. The number of carbonyl (C=O) groups is 2. The van der Waals surface area contributed by atoms with Crippen LogP contribution in [0.4, 0.5) is 5.69 Å². The van der Waals surface area contributed by atoms with Crippen LogP contribution in [0.5, 0.6) is 5.75 Å². The average molecular weight is 580 g/mol. The molecule has 8 nitrogen and oxygen atoms in total. The molecule has 2 aliphatic heterocycles. The molecule has 0 N–H and O–H groups in total. The summed E-state index contributed by atoms with van der Waals surface area (Å²) in [6.07, 6.45) is 0. The summed E-state index contributed by atoms with van der Waals surface area (Å²) in [5, 5.41) is 0. The van der Waals surface area contributed by atoms with Crippen LogP contribution in [0, 0.1) is 6.92 Å². The van der Waals surface area contributed by atoms with Crippen LogP contribution in [0.25, 0.3) is 5.57 Å². The van der Waals surface area contributed by atoms with Gasteiger partial charge in [0.1, 0.15) is 10.3 Å². The average Bonchev–Trinajstić information content (AvgIpc) is 3.45. The van der Waals surface area contributed by atoms with Gasteiger partial charge in [0.2, 0.25) is 0 Å². The van der Waals surface area contributed by atoms with Crippen LogP contribution in [0.15, 0.2) is 93.9 Å². The molecule has 3 heterocycles. The topological polar surface area (TPSA) is 90.2 Å². The number of hydrogen-bond donors (Lipinski definition) is 0. The lowest BCUT2D eigenvalue weighted by molar-refractivity contribution is -0.139. The minimum atomic E-state index is -0.782. The van der Waals surface area contributed by atoms with Crippen LogP contribution in [0.2, 0.25) is 0 Å². The fourth-order valence-corrected chi connectivity index (χ4v) is 6.61. The number of hydrogen-bond acceptors (Lipinski definition) is 7. The van der Waals surface area contributed by atoms with Crippen molar-refractivity contribution in [1.29, 1.82) is 0 Å². The smallest absolute Gasteiger partial charge is 0.338 e. The zero-order chi connectivity index (χ0) is 29.5. The number of rotatable bonds is 6. The third kappa shape index (κ3) is 4.55. The lowest BCUT2D eigenvalue weighted by Crippen LogP contribution is -2.41. The van der Waals surface area contributed by atoms with Gasteiger partial charge in [-0.15, -0.1) is 0 Å². The van der Waals surface area contributed by atoms with Gasteiger partial charge in [0.15, 0.2) is 4.80 Å². The monoisotopic (exact) mass is 579 g/mol. The van der Waals surface area contributed by atoms with Gasteiger partial charge in [0, 0.05) is 5.56 Å². The second kappa shape index (κ2) is 10.9. The van der Waals surface area contributed by atoms with Crippen molar-refractivity contribution >= 4 is 34.5 Å². The summed E-state index contributed by atoms with van der Waals surface area (Å²) in [7, 11) is 1.58. The number of aromatic nitrogens is 1. The lowest BCUT2D eigenvalue weighted by Gasteiger charge is -2.24. The second-order valence-corrected chi connectivity index (χ2v) is 11.1. The molecule has 1 atom stereocenters. The number of thiazole rings is 1. The summed E-state index contributed by atoms with van der Waals surface area (Å²) in [5.74, 6) is -0.137. The van der Waals surface area contributed by atoms with Crippen molar-refractivity contribution in [3.05, 3.63) is 126 Å². The van der Waals surface area contributed by atoms with E-state index in [9.17, 15) is 14.4 Å². The molecule has 0 unspecified atom stereocenters. The van der Waals surface area contributed by atoms with Crippen LogP contribution in [0.3, 0.4) is 0 Å². The fourth-order valence-electron chi connectivity index (χ4n) is 5.48. The predicted octanol–water partition coefficient (Wildman–Crippen LogP) is 4.03. The Balaban J connectivity index is 1.56. The minimum Gasteiger partial charge on any atom is -0.497 e. The normalized spacial score (nSPS) is 17.1. The Morgan fingerprint density at radius 1 is 0.976 bits per heavy atom. The van der Waals surface area contributed by atoms with Gasteiger partial charge in [0.25, 0.3) is 11.5 Å². The van der Waals surface area contributed by atoms with Gasteiger partial charge in [-0.25, -0.2) is 9.79 Å². The Morgan fingerprint density at radius 3 is 2.38 bits per heavy atom. The van der Waals surface area contributed by atoms with E-state index in [4.69, 9.17) is 9.47 Å². The van der Waals surface area contributed by atoms with Crippen LogP contribution < -0.4 is 24.5 Å². The maximum atomic E-state index is 14.3. The van der Waals surface area contributed by atoms with E-state index in [-0.39, 0.29) is 28.2 Å². The van der Waals surface area contributed by atoms with Crippen molar-refractivity contribution in [2.75, 3.05) is 18.6 Å². The Bertz CT molecular complexity index is 1930. The van der Waals surface area contributed by atoms with E-state index in [1.54, 1.807) is 38.0 Å². The fraction of sp³-hybridized carbons (Fsp3) is 0.212. The zero-order valence-corrected chi connectivity index (χ0v) is 24.5. The molecule has 1 aromatic heterocycles. The largest absolute Gasteiger partial charge is 0.497 e. The molecule has 42 heavy (non-hydrogen) atoms. The van der Waals surface area contributed by atoms with Crippen molar-refractivity contribution in [2.24, 2.45) is 4.99 Å². The highest BCUT2D eigenvalue weighted by Crippen LogP contribution is 2.37. The molecule has 0 saturated heterocycles. The third-order valence-electron chi connectivity index (χ3n) is 7.54. The summed E-state index contributed by atoms with van der Waals surface area (Å²) in [4.78, 5) is 48.4. The van der Waals surface area contributed by atoms with Crippen molar-refractivity contribution in [3.63, 3.8) is 0 Å². The summed E-state index contributed by atoms with van der Waals surface area (Å²) in [5.41, 5.74) is 4.97. The quantitative estimate of drug-likeness (QED) is 0.322. The number of methoxy groups -OCH3 is 1. The molecule has 3 aromatic carbocycles. The van der Waals surface area contributed by atoms with Gasteiger partial charge < -0.3 is 14.4 Å². The van der Waals surface area contributed by atoms with Crippen molar-refractivity contribution in [1.82, 2.24) is 4.57 Å². The van der Waals surface area contributed by atoms with Gasteiger partial charge in [-0.1, -0.05) is 71.5 Å². The number of anilines is 1. The molecular formula is C33H29N3O5S. The zero-order valence-electron chi connectivity index (χ0n) is 23.7. The van der Waals surface area contributed by atoms with E-state index in [1.165, 1.54) is 4.57 Å². The van der Waals surface area contributed by atoms with Crippen LogP contribution in [-0.4, -0.2) is 30.2 Å². The van der Waals surface area contributed by atoms with Gasteiger partial charge in [-0.3, -0.25) is 14.2 Å². The number of benzene rings is 3. The van der Waals surface area contributed by atoms with Crippen LogP contribution >= 0.6 is 11.3 Å². The van der Waals surface area contributed by atoms with Gasteiger partial charge >= 0.3 is 5.97 Å². The Kier molecular flexibility index (Phi) is 7.12. The molecule has 4 aromatic rings. The number of nitrogens with zero attached hydrogens (tertiary/aromatic N) is 3. The van der Waals surface area contributed by atoms with Gasteiger partial charge in [0.05, 0.1) is 48.8 Å². The van der Waals surface area contributed by atoms with Gasteiger partial charge in [-0.05, 0) is 50.1 Å². The minimum absolute atomic E-state index is 0.182. The Labute approximate surface area is 246 Å². The number of fused-ring (bicyclic) bond motifs is 2. The van der Waals surface area contributed by atoms with Crippen LogP contribution in [-0.2, 0) is 20.9 Å². The van der Waals surface area contributed by atoms with E-state index in [2.05, 4.69) is 4.99 Å². The molecule has 9 heteroatoms. The molecule has 0 bridgehead atoms. The Hall–Kier alpha value is -4.76. The summed E-state index contributed by atoms with van der Waals surface area (Å²) in [6, 6.07) is 22.0. The SMILES string of the molecule is CCOC(=O)C1=C(C)N=c2s/c(=C3\C(=O)N(Cc4ccc(C)cc4)c4ccccc43)c(=O)n2[C@H]1c1ccc(OC)cc1. The molecule has 0 fully saturated rings. The van der Waals surface area contributed by atoms with E-state index in [0.29, 0.717) is 39.5 Å². The highest BCUT2D eigenvalue weighted by molar-refractivity contribution is 7.07. The number of allylic oxidation sites excluding steroid dienone is 1. The number of esters is 1. The van der Waals surface area contributed by atoms with Crippen molar-refractivity contribution in [3.8, 4) is 5.75 Å². The molecule has 0 aliphatic carbocycles. The summed E-state index contributed by atoms with van der Waals surface area (Å²) in [6.45, 7) is 6.05. The highest BCUT2D eigenvalue weighted by atomic mass is 32.1. The highest BCUT2D eigenvalue weighted by Gasteiger charge is 2.37. The first-order valence-corrected chi connectivity index (χ1v) is 14.5. The maximum absolute atomic E-state index is 14.3. The maximum Gasteiger partial charge on any atom is 0.338 e. The first-order chi connectivity index (χ1) is 20.3. The van der Waals surface area contributed by atoms with Crippen molar-refractivity contribution < 1.29 is 19.1 Å².